The first-order valence-corrected chi connectivity index (χ1v) is 2.71. The Balaban J connectivity index is 2.75. The minimum atomic E-state index is -1.08. The van der Waals surface area contributed by atoms with E-state index < -0.39 is 5.97 Å². The number of nitrogens with one attached hydrogen (secondary N) is 1. The van der Waals surface area contributed by atoms with Crippen molar-refractivity contribution in [2.45, 2.75) is 0 Å². The number of aromatic carboxylic acids is 1. The van der Waals surface area contributed by atoms with Crippen molar-refractivity contribution in [2.24, 2.45) is 0 Å². The van der Waals surface area contributed by atoms with Crippen LogP contribution in [0, 0.1) is 0 Å². The Hall–Kier alpha value is -1.58. The number of aromatic amines is 1. The maximum Gasteiger partial charge on any atom is 0.353 e. The summed E-state index contributed by atoms with van der Waals surface area (Å²) in [5.74, 6) is -1.08. The topological polar surface area (TPSA) is 70.2 Å². The molecule has 0 saturated carbocycles. The SMILES string of the molecule is O=C(O)c1[nH]cc2c(=O)c12. The highest BCUT2D eigenvalue weighted by atomic mass is 16.4. The molecule has 0 aliphatic heterocycles. The van der Waals surface area contributed by atoms with Crippen molar-refractivity contribution in [3.05, 3.63) is 22.1 Å². The lowest BCUT2D eigenvalue weighted by Gasteiger charge is -1.82. The van der Waals surface area contributed by atoms with E-state index in [0.29, 0.717) is 10.8 Å². The molecule has 10 heavy (non-hydrogen) atoms. The quantitative estimate of drug-likeness (QED) is 0.585. The number of aromatic nitrogens is 1. The highest BCUT2D eigenvalue weighted by Crippen LogP contribution is 2.18. The molecule has 0 radical (unpaired) electrons. The largest absolute Gasteiger partial charge is 0.477 e. The summed E-state index contributed by atoms with van der Waals surface area (Å²) in [4.78, 5) is 23.3. The van der Waals surface area contributed by atoms with Crippen molar-refractivity contribution >= 4 is 16.7 Å². The molecule has 2 N–H and O–H groups in total. The van der Waals surface area contributed by atoms with Crippen LogP contribution in [0.3, 0.4) is 0 Å². The Labute approximate surface area is 54.8 Å². The van der Waals surface area contributed by atoms with Crippen LogP contribution in [0.25, 0.3) is 10.8 Å². The third-order valence-electron chi connectivity index (χ3n) is 1.50. The number of hydrogen-bond donors (Lipinski definition) is 2. The van der Waals surface area contributed by atoms with Gasteiger partial charge in [0.1, 0.15) is 5.69 Å². The second-order valence-electron chi connectivity index (χ2n) is 2.09. The van der Waals surface area contributed by atoms with E-state index in [1.807, 2.05) is 0 Å². The van der Waals surface area contributed by atoms with Gasteiger partial charge in [-0.05, 0) is 0 Å². The number of pyridine rings is 1. The molecule has 4 heteroatoms. The van der Waals surface area contributed by atoms with Crippen molar-refractivity contribution in [2.75, 3.05) is 0 Å². The highest BCUT2D eigenvalue weighted by Gasteiger charge is 2.22. The molecule has 4 nitrogen and oxygen atoms in total. The maximum atomic E-state index is 10.6. The van der Waals surface area contributed by atoms with Gasteiger partial charge in [0.2, 0.25) is 0 Å². The van der Waals surface area contributed by atoms with Gasteiger partial charge in [-0.2, -0.15) is 0 Å². The Bertz CT molecular complexity index is 416. The van der Waals surface area contributed by atoms with Crippen LogP contribution in [0.5, 0.6) is 0 Å². The predicted molar refractivity (Wildman–Crippen MR) is 33.9 cm³/mol. The van der Waals surface area contributed by atoms with Crippen LogP contribution in [0.15, 0.2) is 11.0 Å². The molecule has 0 unspecified atom stereocenters. The van der Waals surface area contributed by atoms with Crippen LogP contribution in [-0.2, 0) is 0 Å². The lowest BCUT2D eigenvalue weighted by Crippen LogP contribution is -1.97. The fourth-order valence-corrected chi connectivity index (χ4v) is 0.955. The average Bonchev–Trinajstić information content (AvgIpc) is 2.42. The van der Waals surface area contributed by atoms with Gasteiger partial charge in [-0.3, -0.25) is 4.79 Å². The summed E-state index contributed by atoms with van der Waals surface area (Å²) in [6.07, 6.45) is 1.42. The van der Waals surface area contributed by atoms with Gasteiger partial charge in [-0.25, -0.2) is 4.79 Å². The third-order valence-corrected chi connectivity index (χ3v) is 1.50. The summed E-state index contributed by atoms with van der Waals surface area (Å²) in [6.45, 7) is 0. The zero-order chi connectivity index (χ0) is 7.30. The number of carbonyl (C=O) groups is 1. The van der Waals surface area contributed by atoms with E-state index in [0.717, 1.165) is 0 Å². The molecule has 0 saturated heterocycles. The average molecular weight is 137 g/mol. The number of carboxylic acid groups (broad SMARTS) is 1. The lowest BCUT2D eigenvalue weighted by atomic mass is 10.4. The summed E-state index contributed by atoms with van der Waals surface area (Å²) in [5, 5.41) is 9.27. The summed E-state index contributed by atoms with van der Waals surface area (Å²) in [5.41, 5.74) is -0.129. The van der Waals surface area contributed by atoms with Crippen molar-refractivity contribution in [3.63, 3.8) is 0 Å². The molecule has 0 atom stereocenters. The molecule has 50 valence electrons. The second kappa shape index (κ2) is 1.29. The number of H-pyrrole nitrogens is 1. The molecule has 2 aromatic rings. The summed E-state index contributed by atoms with van der Waals surface area (Å²) >= 11 is 0. The van der Waals surface area contributed by atoms with Crippen molar-refractivity contribution in [3.8, 4) is 0 Å². The first-order chi connectivity index (χ1) is 4.72. The van der Waals surface area contributed by atoms with Crippen LogP contribution in [0.1, 0.15) is 10.5 Å². The van der Waals surface area contributed by atoms with Crippen LogP contribution in [-0.4, -0.2) is 16.1 Å². The molecule has 1 aromatic carbocycles. The molecule has 2 rings (SSSR count). The first kappa shape index (κ1) is 5.22. The second-order valence-corrected chi connectivity index (χ2v) is 2.09. The number of carboxylic acids is 1. The van der Waals surface area contributed by atoms with E-state index in [1.165, 1.54) is 6.20 Å². The Morgan fingerprint density at radius 1 is 1.60 bits per heavy atom. The van der Waals surface area contributed by atoms with Gasteiger partial charge in [-0.15, -0.1) is 0 Å². The molecule has 0 fully saturated rings. The fraction of sp³-hybridized carbons (Fsp3) is 0. The zero-order valence-electron chi connectivity index (χ0n) is 4.84. The van der Waals surface area contributed by atoms with Gasteiger partial charge in [0, 0.05) is 6.20 Å². The summed E-state index contributed by atoms with van der Waals surface area (Å²) in [6, 6.07) is 0. The lowest BCUT2D eigenvalue weighted by molar-refractivity contribution is 0.0693. The van der Waals surface area contributed by atoms with Crippen LogP contribution < -0.4 is 5.43 Å². The van der Waals surface area contributed by atoms with E-state index in [9.17, 15) is 9.59 Å². The molecule has 0 spiro atoms. The monoisotopic (exact) mass is 137 g/mol. The Morgan fingerprint density at radius 3 is 2.60 bits per heavy atom. The fourth-order valence-electron chi connectivity index (χ4n) is 0.955. The number of fused-ring (bicyclic) bond motifs is 1. The van der Waals surface area contributed by atoms with Gasteiger partial charge >= 0.3 is 5.97 Å². The smallest absolute Gasteiger partial charge is 0.353 e. The minimum absolute atomic E-state index is 0.0139. The molecular formula is C6H3NO3. The standard InChI is InChI=1S/C6H3NO3/c8-5-2-1-7-4(3(2)5)6(9)10/h1H,(H,7,8)(H,9,10). The van der Waals surface area contributed by atoms with E-state index >= 15 is 0 Å². The Morgan fingerprint density at radius 2 is 2.30 bits per heavy atom. The van der Waals surface area contributed by atoms with E-state index in [-0.39, 0.29) is 11.1 Å². The molecule has 1 aromatic heterocycles. The molecule has 0 bridgehead atoms. The van der Waals surface area contributed by atoms with Crippen molar-refractivity contribution in [1.82, 2.24) is 4.98 Å². The van der Waals surface area contributed by atoms with Crippen LogP contribution in [0.4, 0.5) is 0 Å². The predicted octanol–water partition coefficient (Wildman–Crippen LogP) is 0.102. The first-order valence-electron chi connectivity index (χ1n) is 2.71. The Kier molecular flexibility index (Phi) is 0.672. The van der Waals surface area contributed by atoms with Crippen LogP contribution in [0.2, 0.25) is 0 Å². The number of rotatable bonds is 1. The maximum absolute atomic E-state index is 10.6. The van der Waals surface area contributed by atoms with E-state index in [2.05, 4.69) is 4.98 Å². The summed E-state index contributed by atoms with van der Waals surface area (Å²) in [7, 11) is 0. The van der Waals surface area contributed by atoms with Crippen LogP contribution >= 0.6 is 0 Å². The summed E-state index contributed by atoms with van der Waals surface area (Å²) < 4.78 is 0. The van der Waals surface area contributed by atoms with Crippen molar-refractivity contribution in [1.29, 1.82) is 0 Å². The third kappa shape index (κ3) is 0.411. The van der Waals surface area contributed by atoms with Gasteiger partial charge < -0.3 is 10.1 Å². The van der Waals surface area contributed by atoms with Crippen molar-refractivity contribution < 1.29 is 9.90 Å². The van der Waals surface area contributed by atoms with Gasteiger partial charge in [0.05, 0.1) is 10.8 Å². The van der Waals surface area contributed by atoms with E-state index in [1.54, 1.807) is 0 Å². The highest BCUT2D eigenvalue weighted by molar-refractivity contribution is 6.10. The zero-order valence-corrected chi connectivity index (χ0v) is 4.84. The number of hydrogen-bond acceptors (Lipinski definition) is 2. The molecule has 0 aliphatic carbocycles. The minimum Gasteiger partial charge on any atom is -0.477 e. The van der Waals surface area contributed by atoms with Gasteiger partial charge in [0.25, 0.3) is 0 Å². The van der Waals surface area contributed by atoms with E-state index in [4.69, 9.17) is 5.11 Å². The molecule has 0 amide bonds. The van der Waals surface area contributed by atoms with Gasteiger partial charge in [0.15, 0.2) is 5.43 Å². The normalized spacial score (nSPS) is 11.2. The molecule has 1 heterocycles. The van der Waals surface area contributed by atoms with Gasteiger partial charge in [-0.1, -0.05) is 0 Å². The molecular weight excluding hydrogens is 134 g/mol. The molecule has 0 aliphatic rings.